The first-order valence-corrected chi connectivity index (χ1v) is 5.24. The lowest BCUT2D eigenvalue weighted by atomic mass is 9.87. The summed E-state index contributed by atoms with van der Waals surface area (Å²) in [5.74, 6) is 0.497. The van der Waals surface area contributed by atoms with Crippen LogP contribution >= 0.6 is 0 Å². The highest BCUT2D eigenvalue weighted by atomic mass is 19.1. The summed E-state index contributed by atoms with van der Waals surface area (Å²) in [6, 6.07) is 5.16. The maximum Gasteiger partial charge on any atom is 0.123 e. The van der Waals surface area contributed by atoms with Gasteiger partial charge in [0.25, 0.3) is 0 Å². The van der Waals surface area contributed by atoms with Crippen LogP contribution in [0.3, 0.4) is 0 Å². The van der Waals surface area contributed by atoms with Gasteiger partial charge in [0.1, 0.15) is 5.82 Å². The topological polar surface area (TPSA) is 12.0 Å². The van der Waals surface area contributed by atoms with Crippen molar-refractivity contribution in [3.8, 4) is 0 Å². The van der Waals surface area contributed by atoms with Crippen LogP contribution < -0.4 is 5.32 Å². The Morgan fingerprint density at radius 1 is 1.29 bits per heavy atom. The predicted molar refractivity (Wildman–Crippen MR) is 56.0 cm³/mol. The first-order chi connectivity index (χ1) is 6.77. The minimum atomic E-state index is -0.125. The largest absolute Gasteiger partial charge is 0.317 e. The van der Waals surface area contributed by atoms with E-state index in [9.17, 15) is 4.39 Å². The average Bonchev–Trinajstić information content (AvgIpc) is 2.19. The zero-order valence-electron chi connectivity index (χ0n) is 8.52. The Bertz CT molecular complexity index is 316. The van der Waals surface area contributed by atoms with Gasteiger partial charge in [-0.15, -0.1) is 0 Å². The number of benzene rings is 1. The van der Waals surface area contributed by atoms with Gasteiger partial charge in [0.2, 0.25) is 0 Å². The number of hydrogen-bond acceptors (Lipinski definition) is 1. The molecule has 1 saturated heterocycles. The van der Waals surface area contributed by atoms with Gasteiger partial charge in [-0.25, -0.2) is 4.39 Å². The summed E-state index contributed by atoms with van der Waals surface area (Å²) in [5.41, 5.74) is 2.42. The number of aryl methyl sites for hydroxylation is 1. The molecule has 0 aromatic heterocycles. The standard InChI is InChI=1S/C12H16FN/c1-9-8-11(13)2-3-12(9)10-4-6-14-7-5-10/h2-3,8,10,14H,4-7H2,1H3. The molecule has 0 spiro atoms. The lowest BCUT2D eigenvalue weighted by Gasteiger charge is -2.24. The van der Waals surface area contributed by atoms with Gasteiger partial charge in [-0.1, -0.05) is 6.07 Å². The first kappa shape index (κ1) is 9.66. The van der Waals surface area contributed by atoms with E-state index in [0.717, 1.165) is 18.7 Å². The highest BCUT2D eigenvalue weighted by Crippen LogP contribution is 2.27. The van der Waals surface area contributed by atoms with Crippen molar-refractivity contribution in [2.45, 2.75) is 25.7 Å². The zero-order valence-corrected chi connectivity index (χ0v) is 8.52. The van der Waals surface area contributed by atoms with Crippen molar-refractivity contribution in [2.75, 3.05) is 13.1 Å². The summed E-state index contributed by atoms with van der Waals surface area (Å²) in [5, 5.41) is 3.34. The van der Waals surface area contributed by atoms with Gasteiger partial charge in [-0.05, 0) is 62.0 Å². The molecule has 2 rings (SSSR count). The molecule has 0 unspecified atom stereocenters. The maximum absolute atomic E-state index is 12.9. The molecule has 0 atom stereocenters. The van der Waals surface area contributed by atoms with E-state index >= 15 is 0 Å². The van der Waals surface area contributed by atoms with Crippen molar-refractivity contribution in [1.82, 2.24) is 5.32 Å². The maximum atomic E-state index is 12.9. The van der Waals surface area contributed by atoms with E-state index in [1.165, 1.54) is 18.4 Å². The number of hydrogen-bond donors (Lipinski definition) is 1. The molecule has 76 valence electrons. The Balaban J connectivity index is 2.22. The van der Waals surface area contributed by atoms with E-state index in [0.29, 0.717) is 5.92 Å². The van der Waals surface area contributed by atoms with Crippen LogP contribution in [-0.2, 0) is 0 Å². The Morgan fingerprint density at radius 2 is 2.00 bits per heavy atom. The van der Waals surface area contributed by atoms with Crippen LogP contribution in [-0.4, -0.2) is 13.1 Å². The van der Waals surface area contributed by atoms with E-state index in [-0.39, 0.29) is 5.82 Å². The molecule has 0 bridgehead atoms. The lowest BCUT2D eigenvalue weighted by Crippen LogP contribution is -2.26. The van der Waals surface area contributed by atoms with Crippen LogP contribution in [0.1, 0.15) is 29.9 Å². The molecule has 1 aromatic carbocycles. The Hall–Kier alpha value is -0.890. The molecule has 1 aliphatic rings. The van der Waals surface area contributed by atoms with Crippen molar-refractivity contribution >= 4 is 0 Å². The quantitative estimate of drug-likeness (QED) is 0.723. The third kappa shape index (κ3) is 1.95. The molecule has 0 aliphatic carbocycles. The van der Waals surface area contributed by atoms with Gasteiger partial charge in [0.05, 0.1) is 0 Å². The number of nitrogens with one attached hydrogen (secondary N) is 1. The van der Waals surface area contributed by atoms with Gasteiger partial charge < -0.3 is 5.32 Å². The summed E-state index contributed by atoms with van der Waals surface area (Å²) < 4.78 is 12.9. The Labute approximate surface area is 84.3 Å². The molecule has 1 heterocycles. The summed E-state index contributed by atoms with van der Waals surface area (Å²) in [7, 11) is 0. The molecular formula is C12H16FN. The molecule has 14 heavy (non-hydrogen) atoms. The number of halogens is 1. The highest BCUT2D eigenvalue weighted by molar-refractivity contribution is 5.30. The summed E-state index contributed by atoms with van der Waals surface area (Å²) in [6.45, 7) is 4.17. The van der Waals surface area contributed by atoms with E-state index in [2.05, 4.69) is 5.32 Å². The van der Waals surface area contributed by atoms with Crippen LogP contribution in [0, 0.1) is 12.7 Å². The van der Waals surface area contributed by atoms with E-state index < -0.39 is 0 Å². The third-order valence-corrected chi connectivity index (χ3v) is 3.01. The zero-order chi connectivity index (χ0) is 9.97. The van der Waals surface area contributed by atoms with Crippen molar-refractivity contribution in [3.63, 3.8) is 0 Å². The van der Waals surface area contributed by atoms with Crippen LogP contribution in [0.15, 0.2) is 18.2 Å². The molecule has 1 N–H and O–H groups in total. The number of piperidine rings is 1. The second-order valence-corrected chi connectivity index (χ2v) is 4.03. The summed E-state index contributed by atoms with van der Waals surface area (Å²) in [6.07, 6.45) is 2.35. The van der Waals surface area contributed by atoms with Crippen molar-refractivity contribution in [2.24, 2.45) is 0 Å². The molecule has 2 heteroatoms. The van der Waals surface area contributed by atoms with Gasteiger partial charge >= 0.3 is 0 Å². The number of rotatable bonds is 1. The fourth-order valence-corrected chi connectivity index (χ4v) is 2.23. The molecular weight excluding hydrogens is 177 g/mol. The Kier molecular flexibility index (Phi) is 2.82. The second kappa shape index (κ2) is 4.09. The van der Waals surface area contributed by atoms with Crippen molar-refractivity contribution in [3.05, 3.63) is 35.1 Å². The van der Waals surface area contributed by atoms with Crippen LogP contribution in [0.25, 0.3) is 0 Å². The molecule has 0 saturated carbocycles. The SMILES string of the molecule is Cc1cc(F)ccc1C1CCNCC1. The predicted octanol–water partition coefficient (Wildman–Crippen LogP) is 2.60. The molecule has 1 fully saturated rings. The van der Waals surface area contributed by atoms with Crippen LogP contribution in [0.2, 0.25) is 0 Å². The normalized spacial score (nSPS) is 18.4. The molecule has 1 aromatic rings. The minimum Gasteiger partial charge on any atom is -0.317 e. The molecule has 1 nitrogen and oxygen atoms in total. The monoisotopic (exact) mass is 193 g/mol. The van der Waals surface area contributed by atoms with Gasteiger partial charge in [0, 0.05) is 0 Å². The van der Waals surface area contributed by atoms with Crippen molar-refractivity contribution < 1.29 is 4.39 Å². The summed E-state index contributed by atoms with van der Waals surface area (Å²) >= 11 is 0. The molecule has 0 radical (unpaired) electrons. The summed E-state index contributed by atoms with van der Waals surface area (Å²) in [4.78, 5) is 0. The van der Waals surface area contributed by atoms with Crippen LogP contribution in [0.5, 0.6) is 0 Å². The second-order valence-electron chi connectivity index (χ2n) is 4.03. The first-order valence-electron chi connectivity index (χ1n) is 5.24. The lowest BCUT2D eigenvalue weighted by molar-refractivity contribution is 0.458. The van der Waals surface area contributed by atoms with E-state index in [4.69, 9.17) is 0 Å². The fourth-order valence-electron chi connectivity index (χ4n) is 2.23. The fraction of sp³-hybridized carbons (Fsp3) is 0.500. The smallest absolute Gasteiger partial charge is 0.123 e. The van der Waals surface area contributed by atoms with Gasteiger partial charge in [-0.3, -0.25) is 0 Å². The molecule has 1 aliphatic heterocycles. The van der Waals surface area contributed by atoms with Crippen molar-refractivity contribution in [1.29, 1.82) is 0 Å². The van der Waals surface area contributed by atoms with E-state index in [1.54, 1.807) is 12.1 Å². The van der Waals surface area contributed by atoms with E-state index in [1.807, 2.05) is 13.0 Å². The Morgan fingerprint density at radius 3 is 2.64 bits per heavy atom. The minimum absolute atomic E-state index is 0.125. The van der Waals surface area contributed by atoms with Gasteiger partial charge in [-0.2, -0.15) is 0 Å². The van der Waals surface area contributed by atoms with Crippen LogP contribution in [0.4, 0.5) is 4.39 Å². The van der Waals surface area contributed by atoms with Gasteiger partial charge in [0.15, 0.2) is 0 Å². The molecule has 0 amide bonds. The highest BCUT2D eigenvalue weighted by Gasteiger charge is 2.16. The third-order valence-electron chi connectivity index (χ3n) is 3.01. The average molecular weight is 193 g/mol.